The molecule has 0 saturated heterocycles. The molecule has 0 aliphatic carbocycles. The van der Waals surface area contributed by atoms with Crippen LogP contribution >= 0.6 is 0 Å². The van der Waals surface area contributed by atoms with Crippen LogP contribution in [0.1, 0.15) is 0 Å². The first-order valence-electron chi connectivity index (χ1n) is 6.26. The zero-order chi connectivity index (χ0) is 13.9. The van der Waals surface area contributed by atoms with E-state index in [1.165, 1.54) is 0 Å². The molecular weight excluding hydrogens is 252 g/mol. The van der Waals surface area contributed by atoms with E-state index in [0.717, 1.165) is 33.8 Å². The third kappa shape index (κ3) is 2.16. The summed E-state index contributed by atoms with van der Waals surface area (Å²) < 4.78 is 10.7. The predicted molar refractivity (Wildman–Crippen MR) is 78.1 cm³/mol. The highest BCUT2D eigenvalue weighted by atomic mass is 16.5. The molecule has 2 heterocycles. The summed E-state index contributed by atoms with van der Waals surface area (Å²) in [5.41, 5.74) is 2.42. The number of aromatic nitrogens is 2. The molecule has 4 heteroatoms. The lowest BCUT2D eigenvalue weighted by Crippen LogP contribution is -1.93. The Kier molecular flexibility index (Phi) is 3.21. The highest BCUT2D eigenvalue weighted by molar-refractivity contribution is 5.88. The SMILES string of the molecule is COc1ccc2c(OC)cc(-c3ccccn3)nc2c1. The number of nitrogens with zero attached hydrogens (tertiary/aromatic N) is 2. The average molecular weight is 266 g/mol. The van der Waals surface area contributed by atoms with Crippen LogP contribution in [0.5, 0.6) is 11.5 Å². The molecule has 0 saturated carbocycles. The Labute approximate surface area is 117 Å². The molecule has 2 aromatic heterocycles. The van der Waals surface area contributed by atoms with E-state index in [4.69, 9.17) is 9.47 Å². The third-order valence-electron chi connectivity index (χ3n) is 3.13. The summed E-state index contributed by atoms with van der Waals surface area (Å²) >= 11 is 0. The molecule has 0 fully saturated rings. The Morgan fingerprint density at radius 2 is 1.80 bits per heavy atom. The predicted octanol–water partition coefficient (Wildman–Crippen LogP) is 3.31. The van der Waals surface area contributed by atoms with E-state index in [9.17, 15) is 0 Å². The molecule has 0 N–H and O–H groups in total. The van der Waals surface area contributed by atoms with Gasteiger partial charge < -0.3 is 9.47 Å². The monoisotopic (exact) mass is 266 g/mol. The molecule has 4 nitrogen and oxygen atoms in total. The van der Waals surface area contributed by atoms with Gasteiger partial charge in [0, 0.05) is 23.7 Å². The quantitative estimate of drug-likeness (QED) is 0.729. The van der Waals surface area contributed by atoms with Gasteiger partial charge in [0.1, 0.15) is 11.5 Å². The van der Waals surface area contributed by atoms with E-state index in [2.05, 4.69) is 9.97 Å². The Balaban J connectivity index is 2.24. The molecule has 3 aromatic rings. The Hall–Kier alpha value is -2.62. The Morgan fingerprint density at radius 3 is 2.50 bits per heavy atom. The van der Waals surface area contributed by atoms with Gasteiger partial charge in [0.05, 0.1) is 31.1 Å². The smallest absolute Gasteiger partial charge is 0.130 e. The van der Waals surface area contributed by atoms with Gasteiger partial charge in [-0.15, -0.1) is 0 Å². The summed E-state index contributed by atoms with van der Waals surface area (Å²) in [5, 5.41) is 0.952. The molecule has 0 unspecified atom stereocenters. The van der Waals surface area contributed by atoms with Gasteiger partial charge in [-0.3, -0.25) is 4.98 Å². The minimum atomic E-state index is 0.769. The number of rotatable bonds is 3. The molecule has 0 spiro atoms. The molecule has 20 heavy (non-hydrogen) atoms. The van der Waals surface area contributed by atoms with Gasteiger partial charge in [0.15, 0.2) is 0 Å². The molecule has 0 aliphatic rings. The van der Waals surface area contributed by atoms with E-state index in [1.54, 1.807) is 20.4 Å². The summed E-state index contributed by atoms with van der Waals surface area (Å²) in [6.45, 7) is 0. The van der Waals surface area contributed by atoms with Crippen LogP contribution in [0, 0.1) is 0 Å². The maximum absolute atomic E-state index is 5.45. The van der Waals surface area contributed by atoms with E-state index < -0.39 is 0 Å². The standard InChI is InChI=1S/C16H14N2O2/c1-19-11-6-7-12-14(9-11)18-15(10-16(12)20-2)13-5-3-4-8-17-13/h3-10H,1-2H3. The van der Waals surface area contributed by atoms with Crippen LogP contribution in [0.25, 0.3) is 22.3 Å². The second kappa shape index (κ2) is 5.17. The molecule has 0 radical (unpaired) electrons. The fraction of sp³-hybridized carbons (Fsp3) is 0.125. The molecule has 0 atom stereocenters. The van der Waals surface area contributed by atoms with Crippen LogP contribution in [0.4, 0.5) is 0 Å². The lowest BCUT2D eigenvalue weighted by molar-refractivity contribution is 0.414. The molecule has 3 rings (SSSR count). The summed E-state index contributed by atoms with van der Waals surface area (Å²) in [7, 11) is 3.29. The summed E-state index contributed by atoms with van der Waals surface area (Å²) in [6, 6.07) is 13.4. The first-order chi connectivity index (χ1) is 9.81. The molecular formula is C16H14N2O2. The van der Waals surface area contributed by atoms with Crippen LogP contribution in [0.15, 0.2) is 48.7 Å². The zero-order valence-electron chi connectivity index (χ0n) is 11.3. The molecule has 100 valence electrons. The Bertz CT molecular complexity index is 742. The van der Waals surface area contributed by atoms with Crippen LogP contribution in [0.3, 0.4) is 0 Å². The van der Waals surface area contributed by atoms with Crippen molar-refractivity contribution in [1.82, 2.24) is 9.97 Å². The molecule has 0 aliphatic heterocycles. The van der Waals surface area contributed by atoms with Gasteiger partial charge in [-0.25, -0.2) is 4.98 Å². The highest BCUT2D eigenvalue weighted by Crippen LogP contribution is 2.31. The number of hydrogen-bond acceptors (Lipinski definition) is 4. The summed E-state index contributed by atoms with van der Waals surface area (Å²) in [4.78, 5) is 8.96. The Morgan fingerprint density at radius 1 is 0.900 bits per heavy atom. The van der Waals surface area contributed by atoms with Gasteiger partial charge in [0.25, 0.3) is 0 Å². The van der Waals surface area contributed by atoms with Crippen molar-refractivity contribution < 1.29 is 9.47 Å². The lowest BCUT2D eigenvalue weighted by atomic mass is 10.1. The lowest BCUT2D eigenvalue weighted by Gasteiger charge is -2.09. The van der Waals surface area contributed by atoms with Crippen molar-refractivity contribution in [2.24, 2.45) is 0 Å². The normalized spacial score (nSPS) is 10.5. The number of hydrogen-bond donors (Lipinski definition) is 0. The number of benzene rings is 1. The second-order valence-corrected chi connectivity index (χ2v) is 4.31. The van der Waals surface area contributed by atoms with Crippen LogP contribution in [-0.2, 0) is 0 Å². The first kappa shape index (κ1) is 12.4. The maximum atomic E-state index is 5.45. The number of ether oxygens (including phenoxy) is 2. The fourth-order valence-corrected chi connectivity index (χ4v) is 2.12. The topological polar surface area (TPSA) is 44.2 Å². The minimum absolute atomic E-state index is 0.769. The minimum Gasteiger partial charge on any atom is -0.497 e. The van der Waals surface area contributed by atoms with E-state index in [1.807, 2.05) is 42.5 Å². The van der Waals surface area contributed by atoms with Gasteiger partial charge in [0.2, 0.25) is 0 Å². The van der Waals surface area contributed by atoms with Crippen LogP contribution in [0.2, 0.25) is 0 Å². The van der Waals surface area contributed by atoms with Crippen molar-refractivity contribution in [3.8, 4) is 22.9 Å². The largest absolute Gasteiger partial charge is 0.497 e. The van der Waals surface area contributed by atoms with Gasteiger partial charge in [-0.2, -0.15) is 0 Å². The van der Waals surface area contributed by atoms with Gasteiger partial charge in [-0.05, 0) is 24.3 Å². The van der Waals surface area contributed by atoms with Crippen LogP contribution in [-0.4, -0.2) is 24.2 Å². The van der Waals surface area contributed by atoms with E-state index >= 15 is 0 Å². The third-order valence-corrected chi connectivity index (χ3v) is 3.13. The molecule has 0 bridgehead atoms. The molecule has 0 amide bonds. The second-order valence-electron chi connectivity index (χ2n) is 4.31. The number of methoxy groups -OCH3 is 2. The molecule has 1 aromatic carbocycles. The van der Waals surface area contributed by atoms with Gasteiger partial charge >= 0.3 is 0 Å². The summed E-state index contributed by atoms with van der Waals surface area (Å²) in [6.07, 6.45) is 1.75. The van der Waals surface area contributed by atoms with Crippen molar-refractivity contribution in [1.29, 1.82) is 0 Å². The van der Waals surface area contributed by atoms with Crippen molar-refractivity contribution in [3.05, 3.63) is 48.7 Å². The van der Waals surface area contributed by atoms with Gasteiger partial charge in [-0.1, -0.05) is 6.07 Å². The first-order valence-corrected chi connectivity index (χ1v) is 6.26. The van der Waals surface area contributed by atoms with E-state index in [-0.39, 0.29) is 0 Å². The van der Waals surface area contributed by atoms with Crippen molar-refractivity contribution >= 4 is 10.9 Å². The maximum Gasteiger partial charge on any atom is 0.130 e. The van der Waals surface area contributed by atoms with Crippen LogP contribution < -0.4 is 9.47 Å². The number of fused-ring (bicyclic) bond motifs is 1. The zero-order valence-corrected chi connectivity index (χ0v) is 11.3. The van der Waals surface area contributed by atoms with E-state index in [0.29, 0.717) is 0 Å². The van der Waals surface area contributed by atoms with Crippen molar-refractivity contribution in [3.63, 3.8) is 0 Å². The highest BCUT2D eigenvalue weighted by Gasteiger charge is 2.09. The van der Waals surface area contributed by atoms with Crippen molar-refractivity contribution in [2.75, 3.05) is 14.2 Å². The fourth-order valence-electron chi connectivity index (χ4n) is 2.12. The number of pyridine rings is 2. The summed E-state index contributed by atoms with van der Waals surface area (Å²) in [5.74, 6) is 1.54. The van der Waals surface area contributed by atoms with Crippen molar-refractivity contribution in [2.45, 2.75) is 0 Å². The average Bonchev–Trinajstić information content (AvgIpc) is 2.54.